The Morgan fingerprint density at radius 3 is 2.38 bits per heavy atom. The molecule has 2 aliphatic rings. The molecule has 2 fully saturated rings. The summed E-state index contributed by atoms with van der Waals surface area (Å²) in [6.07, 6.45) is 6.08. The number of aryl methyl sites for hydroxylation is 1. The van der Waals surface area contributed by atoms with Gasteiger partial charge in [-0.25, -0.2) is 4.79 Å². The molecule has 1 atom stereocenters. The van der Waals surface area contributed by atoms with Crippen molar-refractivity contribution < 1.29 is 19.4 Å². The van der Waals surface area contributed by atoms with Gasteiger partial charge in [-0.15, -0.1) is 0 Å². The Morgan fingerprint density at radius 2 is 1.76 bits per heavy atom. The van der Waals surface area contributed by atoms with Gasteiger partial charge in [0.2, 0.25) is 0 Å². The molecule has 5 rings (SSSR count). The number of hydrogen-bond donors (Lipinski definition) is 2. The molecule has 3 aromatic rings. The third kappa shape index (κ3) is 5.57. The Morgan fingerprint density at radius 1 is 1.08 bits per heavy atom. The maximum absolute atomic E-state index is 12.6. The molecule has 6 nitrogen and oxygen atoms in total. The first kappa shape index (κ1) is 25.5. The minimum Gasteiger partial charge on any atom is -0.481 e. The molecule has 0 bridgehead atoms. The molecule has 2 N–H and O–H groups in total. The van der Waals surface area contributed by atoms with Gasteiger partial charge in [0.25, 0.3) is 0 Å². The van der Waals surface area contributed by atoms with E-state index in [1.165, 1.54) is 17.1 Å². The van der Waals surface area contributed by atoms with Crippen molar-refractivity contribution in [3.8, 4) is 0 Å². The van der Waals surface area contributed by atoms with Crippen molar-refractivity contribution in [3.05, 3.63) is 81.9 Å². The smallest absolute Gasteiger partial charge is 0.412 e. The molecule has 7 heteroatoms. The minimum absolute atomic E-state index is 0.333. The lowest BCUT2D eigenvalue weighted by molar-refractivity contribution is -0.140. The Kier molecular flexibility index (Phi) is 7.33. The number of hydrogen-bond acceptors (Lipinski definition) is 5. The zero-order valence-corrected chi connectivity index (χ0v) is 22.2. The molecule has 0 saturated heterocycles. The van der Waals surface area contributed by atoms with Gasteiger partial charge in [-0.05, 0) is 98.9 Å². The van der Waals surface area contributed by atoms with Gasteiger partial charge < -0.3 is 9.84 Å². The number of anilines is 1. The number of ether oxygens (including phenoxy) is 1. The number of nitrogens with zero attached hydrogens (tertiary/aromatic N) is 1. The van der Waals surface area contributed by atoms with E-state index in [1.807, 2.05) is 56.3 Å². The molecule has 2 aliphatic carbocycles. The van der Waals surface area contributed by atoms with Crippen molar-refractivity contribution in [1.29, 1.82) is 0 Å². The Bertz CT molecular complexity index is 1240. The van der Waals surface area contributed by atoms with Crippen molar-refractivity contribution in [1.82, 2.24) is 4.37 Å². The maximum atomic E-state index is 12.6. The van der Waals surface area contributed by atoms with E-state index < -0.39 is 17.5 Å². The molecule has 0 unspecified atom stereocenters. The lowest BCUT2D eigenvalue weighted by Gasteiger charge is -2.29. The fourth-order valence-corrected chi connectivity index (χ4v) is 6.53. The third-order valence-corrected chi connectivity index (χ3v) is 9.08. The van der Waals surface area contributed by atoms with E-state index in [4.69, 9.17) is 4.74 Å². The molecule has 0 spiro atoms. The number of aliphatic carboxylic acids is 1. The van der Waals surface area contributed by atoms with Crippen LogP contribution in [0.5, 0.6) is 0 Å². The highest BCUT2D eigenvalue weighted by Gasteiger charge is 2.51. The van der Waals surface area contributed by atoms with Crippen molar-refractivity contribution in [2.24, 2.45) is 5.92 Å². The van der Waals surface area contributed by atoms with Crippen LogP contribution >= 0.6 is 11.5 Å². The number of nitrogens with one attached hydrogen (secondary N) is 1. The second-order valence-electron chi connectivity index (χ2n) is 10.6. The average molecular weight is 519 g/mol. The summed E-state index contributed by atoms with van der Waals surface area (Å²) in [6.45, 7) is 3.80. The summed E-state index contributed by atoms with van der Waals surface area (Å²) >= 11 is 1.47. The highest BCUT2D eigenvalue weighted by atomic mass is 32.1. The minimum atomic E-state index is -0.702. The lowest BCUT2D eigenvalue weighted by atomic mass is 9.77. The van der Waals surface area contributed by atoms with Crippen LogP contribution in [0.1, 0.15) is 84.7 Å². The van der Waals surface area contributed by atoms with Gasteiger partial charge in [0, 0.05) is 4.88 Å². The van der Waals surface area contributed by atoms with E-state index in [0.29, 0.717) is 11.8 Å². The summed E-state index contributed by atoms with van der Waals surface area (Å²) in [5.74, 6) is 0.365. The first-order valence-electron chi connectivity index (χ1n) is 13.2. The molecule has 0 aliphatic heterocycles. The number of carbonyl (C=O) groups excluding carboxylic acids is 1. The normalized spacial score (nSPS) is 21.1. The van der Waals surface area contributed by atoms with Crippen LogP contribution in [0.4, 0.5) is 10.5 Å². The van der Waals surface area contributed by atoms with Crippen LogP contribution in [0.15, 0.2) is 54.6 Å². The number of benzene rings is 2. The van der Waals surface area contributed by atoms with Gasteiger partial charge >= 0.3 is 12.1 Å². The molecule has 1 amide bonds. The molecule has 0 radical (unpaired) electrons. The SMILES string of the molecule is Cc1nsc(CC2CCC(c3ccc(C4(C(=O)O)CC4)cc3)CC2)c1NC(=O)O[C@H](C)c1ccccc1. The summed E-state index contributed by atoms with van der Waals surface area (Å²) in [4.78, 5) is 25.4. The zero-order valence-electron chi connectivity index (χ0n) is 21.4. The first-order chi connectivity index (χ1) is 17.9. The van der Waals surface area contributed by atoms with Crippen molar-refractivity contribution in [2.45, 2.75) is 76.2 Å². The van der Waals surface area contributed by atoms with Crippen LogP contribution in [-0.4, -0.2) is 21.5 Å². The summed E-state index contributed by atoms with van der Waals surface area (Å²) in [6, 6.07) is 18.0. The highest BCUT2D eigenvalue weighted by Crippen LogP contribution is 2.49. The fourth-order valence-electron chi connectivity index (χ4n) is 5.59. The van der Waals surface area contributed by atoms with E-state index in [-0.39, 0.29) is 6.10 Å². The molecule has 2 aromatic carbocycles. The van der Waals surface area contributed by atoms with Crippen LogP contribution in [0.25, 0.3) is 0 Å². The van der Waals surface area contributed by atoms with Crippen LogP contribution in [0.2, 0.25) is 0 Å². The van der Waals surface area contributed by atoms with E-state index in [0.717, 1.165) is 72.3 Å². The number of carbonyl (C=O) groups is 2. The number of carboxylic acids is 1. The van der Waals surface area contributed by atoms with Crippen molar-refractivity contribution >= 4 is 29.3 Å². The van der Waals surface area contributed by atoms with Crippen LogP contribution in [-0.2, 0) is 21.4 Å². The second-order valence-corrected chi connectivity index (χ2v) is 11.4. The molecule has 194 valence electrons. The number of rotatable bonds is 8. The predicted molar refractivity (Wildman–Crippen MR) is 145 cm³/mol. The second kappa shape index (κ2) is 10.7. The van der Waals surface area contributed by atoms with Crippen LogP contribution < -0.4 is 5.32 Å². The van der Waals surface area contributed by atoms with Gasteiger partial charge in [-0.2, -0.15) is 4.37 Å². The first-order valence-corrected chi connectivity index (χ1v) is 13.9. The number of carboxylic acid groups (broad SMARTS) is 1. The molecule has 1 heterocycles. The van der Waals surface area contributed by atoms with E-state index in [2.05, 4.69) is 21.8 Å². The number of amides is 1. The Labute approximate surface area is 222 Å². The lowest BCUT2D eigenvalue weighted by Crippen LogP contribution is -2.20. The highest BCUT2D eigenvalue weighted by molar-refractivity contribution is 7.06. The van der Waals surface area contributed by atoms with Gasteiger partial charge in [0.1, 0.15) is 6.10 Å². The largest absolute Gasteiger partial charge is 0.481 e. The summed E-state index contributed by atoms with van der Waals surface area (Å²) in [5, 5.41) is 12.5. The van der Waals surface area contributed by atoms with E-state index in [9.17, 15) is 14.7 Å². The van der Waals surface area contributed by atoms with Gasteiger partial charge in [0.15, 0.2) is 0 Å². The van der Waals surface area contributed by atoms with Crippen LogP contribution in [0, 0.1) is 12.8 Å². The van der Waals surface area contributed by atoms with Crippen LogP contribution in [0.3, 0.4) is 0 Å². The maximum Gasteiger partial charge on any atom is 0.412 e. The molecule has 1 aromatic heterocycles. The quantitative estimate of drug-likeness (QED) is 0.324. The predicted octanol–water partition coefficient (Wildman–Crippen LogP) is 7.39. The summed E-state index contributed by atoms with van der Waals surface area (Å²) in [7, 11) is 0. The molecule has 2 saturated carbocycles. The molecular weight excluding hydrogens is 484 g/mol. The summed E-state index contributed by atoms with van der Waals surface area (Å²) < 4.78 is 10.1. The topological polar surface area (TPSA) is 88.5 Å². The summed E-state index contributed by atoms with van der Waals surface area (Å²) in [5.41, 5.74) is 4.19. The van der Waals surface area contributed by atoms with E-state index in [1.54, 1.807) is 0 Å². The monoisotopic (exact) mass is 518 g/mol. The fraction of sp³-hybridized carbons (Fsp3) is 0.433. The van der Waals surface area contributed by atoms with Crippen molar-refractivity contribution in [3.63, 3.8) is 0 Å². The molecule has 37 heavy (non-hydrogen) atoms. The van der Waals surface area contributed by atoms with Gasteiger partial charge in [0.05, 0.1) is 16.8 Å². The van der Waals surface area contributed by atoms with Gasteiger partial charge in [-0.3, -0.25) is 10.1 Å². The average Bonchev–Trinajstić information content (AvgIpc) is 3.67. The standard InChI is InChI=1S/C30H34N2O4S/c1-19-27(31-29(35)36-20(2)22-6-4-3-5-7-22)26(37-32-19)18-21-8-10-23(11-9-21)24-12-14-25(15-13-24)30(16-17-30)28(33)34/h3-7,12-15,20-21,23H,8-11,16-18H2,1-2H3,(H,31,35)(H,33,34)/t20-,21?,23?/m1/s1. The molecular formula is C30H34N2O4S. The van der Waals surface area contributed by atoms with Gasteiger partial charge in [-0.1, -0.05) is 54.6 Å². The Balaban J connectivity index is 1.15. The third-order valence-electron chi connectivity index (χ3n) is 8.13. The van der Waals surface area contributed by atoms with E-state index >= 15 is 0 Å². The number of aromatic nitrogens is 1. The Hall–Kier alpha value is -3.19. The zero-order chi connectivity index (χ0) is 26.0. The van der Waals surface area contributed by atoms with Crippen molar-refractivity contribution in [2.75, 3.05) is 5.32 Å².